The van der Waals surface area contributed by atoms with Crippen LogP contribution >= 0.6 is 0 Å². The summed E-state index contributed by atoms with van der Waals surface area (Å²) in [5, 5.41) is 50.7. The lowest BCUT2D eigenvalue weighted by atomic mass is 9.98. The fourth-order valence-electron chi connectivity index (χ4n) is 2.82. The van der Waals surface area contributed by atoms with Gasteiger partial charge in [0.15, 0.2) is 0 Å². The Balaban J connectivity index is 2.47. The van der Waals surface area contributed by atoms with Crippen molar-refractivity contribution in [1.29, 1.82) is 10.5 Å². The third-order valence-corrected chi connectivity index (χ3v) is 3.81. The molecule has 2 aromatic rings. The van der Waals surface area contributed by atoms with Crippen molar-refractivity contribution in [2.24, 2.45) is 0 Å². The number of nitro groups is 2. The van der Waals surface area contributed by atoms with Gasteiger partial charge < -0.3 is 5.11 Å². The number of phenolic OH excluding ortho intramolecular Hbond substituents is 1. The summed E-state index contributed by atoms with van der Waals surface area (Å²) in [6.45, 7) is 0. The Morgan fingerprint density at radius 1 is 0.920 bits per heavy atom. The second kappa shape index (κ2) is 5.44. The maximum Gasteiger partial charge on any atom is 0.273 e. The molecule has 2 aromatic carbocycles. The highest BCUT2D eigenvalue weighted by molar-refractivity contribution is 6.06. The van der Waals surface area contributed by atoms with Crippen LogP contribution in [0.4, 0.5) is 11.4 Å². The SMILES string of the molecule is N#CC(C#N)=C1c2cc([N+](=O)[O-])ccc2-c2c(O)cc([N+](=O)[O-])cc21. The largest absolute Gasteiger partial charge is 0.507 e. The van der Waals surface area contributed by atoms with E-state index in [1.54, 1.807) is 12.1 Å². The van der Waals surface area contributed by atoms with Gasteiger partial charge in [-0.3, -0.25) is 20.2 Å². The molecule has 1 aliphatic rings. The second-order valence-corrected chi connectivity index (χ2v) is 5.11. The van der Waals surface area contributed by atoms with Crippen LogP contribution in [0.3, 0.4) is 0 Å². The van der Waals surface area contributed by atoms with Gasteiger partial charge in [0.25, 0.3) is 11.4 Å². The fraction of sp³-hybridized carbons (Fsp3) is 0. The summed E-state index contributed by atoms with van der Waals surface area (Å²) in [5.41, 5.74) is -0.185. The first-order valence-corrected chi connectivity index (χ1v) is 6.74. The van der Waals surface area contributed by atoms with Gasteiger partial charge in [-0.1, -0.05) is 0 Å². The number of non-ortho nitro benzene ring substituents is 2. The molecule has 1 N–H and O–H groups in total. The normalized spacial score (nSPS) is 11.0. The van der Waals surface area contributed by atoms with Crippen molar-refractivity contribution >= 4 is 16.9 Å². The molecule has 25 heavy (non-hydrogen) atoms. The molecular formula is C16H6N4O5. The molecule has 0 unspecified atom stereocenters. The van der Waals surface area contributed by atoms with Crippen LogP contribution in [0.15, 0.2) is 35.9 Å². The van der Waals surface area contributed by atoms with E-state index in [2.05, 4.69) is 0 Å². The summed E-state index contributed by atoms with van der Waals surface area (Å²) in [6, 6.07) is 9.22. The van der Waals surface area contributed by atoms with Crippen LogP contribution in [-0.2, 0) is 0 Å². The molecule has 0 atom stereocenters. The van der Waals surface area contributed by atoms with Gasteiger partial charge in [0.05, 0.1) is 15.9 Å². The molecule has 120 valence electrons. The average molecular weight is 334 g/mol. The Labute approximate surface area is 139 Å². The number of hydrogen-bond donors (Lipinski definition) is 1. The van der Waals surface area contributed by atoms with Crippen molar-refractivity contribution in [3.05, 3.63) is 67.3 Å². The maximum atomic E-state index is 11.0. The predicted octanol–water partition coefficient (Wildman–Crippen LogP) is 3.04. The monoisotopic (exact) mass is 334 g/mol. The predicted molar refractivity (Wildman–Crippen MR) is 84.1 cm³/mol. The van der Waals surface area contributed by atoms with Gasteiger partial charge in [0.2, 0.25) is 0 Å². The highest BCUT2D eigenvalue weighted by Crippen LogP contribution is 2.51. The van der Waals surface area contributed by atoms with E-state index < -0.39 is 21.3 Å². The van der Waals surface area contributed by atoms with Gasteiger partial charge in [-0.05, 0) is 17.2 Å². The zero-order chi connectivity index (χ0) is 18.3. The Hall–Kier alpha value is -4.24. The van der Waals surface area contributed by atoms with E-state index in [4.69, 9.17) is 0 Å². The molecule has 9 heteroatoms. The number of fused-ring (bicyclic) bond motifs is 3. The number of benzene rings is 2. The lowest BCUT2D eigenvalue weighted by molar-refractivity contribution is -0.385. The summed E-state index contributed by atoms with van der Waals surface area (Å²) in [6.07, 6.45) is 0. The van der Waals surface area contributed by atoms with E-state index in [0.717, 1.165) is 12.1 Å². The van der Waals surface area contributed by atoms with Crippen LogP contribution in [-0.4, -0.2) is 15.0 Å². The van der Waals surface area contributed by atoms with E-state index in [-0.39, 0.29) is 33.5 Å². The lowest BCUT2D eigenvalue weighted by Crippen LogP contribution is -1.92. The summed E-state index contributed by atoms with van der Waals surface area (Å²) in [7, 11) is 0. The molecular weight excluding hydrogens is 328 g/mol. The summed E-state index contributed by atoms with van der Waals surface area (Å²) < 4.78 is 0. The van der Waals surface area contributed by atoms with E-state index in [9.17, 15) is 35.9 Å². The Kier molecular flexibility index (Phi) is 3.40. The highest BCUT2D eigenvalue weighted by atomic mass is 16.6. The lowest BCUT2D eigenvalue weighted by Gasteiger charge is -2.04. The molecule has 0 saturated carbocycles. The molecule has 0 aromatic heterocycles. The summed E-state index contributed by atoms with van der Waals surface area (Å²) >= 11 is 0. The first-order chi connectivity index (χ1) is 11.9. The zero-order valence-corrected chi connectivity index (χ0v) is 12.3. The highest BCUT2D eigenvalue weighted by Gasteiger charge is 2.32. The summed E-state index contributed by atoms with van der Waals surface area (Å²) in [4.78, 5) is 20.7. The first-order valence-electron chi connectivity index (χ1n) is 6.74. The van der Waals surface area contributed by atoms with E-state index in [0.29, 0.717) is 5.56 Å². The van der Waals surface area contributed by atoms with Crippen molar-refractivity contribution < 1.29 is 15.0 Å². The minimum atomic E-state index is -0.721. The second-order valence-electron chi connectivity index (χ2n) is 5.11. The quantitative estimate of drug-likeness (QED) is 0.429. The Morgan fingerprint density at radius 3 is 2.08 bits per heavy atom. The Morgan fingerprint density at radius 2 is 1.52 bits per heavy atom. The molecule has 0 heterocycles. The minimum Gasteiger partial charge on any atom is -0.507 e. The van der Waals surface area contributed by atoms with E-state index >= 15 is 0 Å². The van der Waals surface area contributed by atoms with Crippen LogP contribution in [0.1, 0.15) is 11.1 Å². The molecule has 9 nitrogen and oxygen atoms in total. The number of aromatic hydroxyl groups is 1. The number of phenols is 1. The van der Waals surface area contributed by atoms with Gasteiger partial charge in [0.1, 0.15) is 23.5 Å². The molecule has 0 aliphatic heterocycles. The molecule has 0 fully saturated rings. The van der Waals surface area contributed by atoms with E-state index in [1.165, 1.54) is 18.2 Å². The zero-order valence-electron chi connectivity index (χ0n) is 12.3. The van der Waals surface area contributed by atoms with Crippen LogP contribution < -0.4 is 0 Å². The first kappa shape index (κ1) is 15.6. The van der Waals surface area contributed by atoms with Crippen molar-refractivity contribution in [3.8, 4) is 29.0 Å². The topological polar surface area (TPSA) is 154 Å². The van der Waals surface area contributed by atoms with Crippen molar-refractivity contribution in [1.82, 2.24) is 0 Å². The standard InChI is InChI=1S/C16H6N4O5/c17-6-8(7-18)15-12-3-9(19(22)23)1-2-11(12)16-13(15)4-10(20(24)25)5-14(16)21/h1-5,21H. The van der Waals surface area contributed by atoms with Crippen molar-refractivity contribution in [3.63, 3.8) is 0 Å². The van der Waals surface area contributed by atoms with Crippen LogP contribution in [0.5, 0.6) is 5.75 Å². The molecule has 0 saturated heterocycles. The van der Waals surface area contributed by atoms with Crippen LogP contribution in [0.2, 0.25) is 0 Å². The maximum absolute atomic E-state index is 11.0. The number of allylic oxidation sites excluding steroid dienone is 1. The summed E-state index contributed by atoms with van der Waals surface area (Å²) in [5.74, 6) is -0.412. The van der Waals surface area contributed by atoms with Gasteiger partial charge in [-0.15, -0.1) is 0 Å². The van der Waals surface area contributed by atoms with Gasteiger partial charge in [0, 0.05) is 34.9 Å². The van der Waals surface area contributed by atoms with E-state index in [1.807, 2.05) is 0 Å². The third kappa shape index (κ3) is 2.24. The van der Waals surface area contributed by atoms with Gasteiger partial charge in [-0.2, -0.15) is 10.5 Å². The third-order valence-electron chi connectivity index (χ3n) is 3.81. The molecule has 0 amide bonds. The fourth-order valence-corrected chi connectivity index (χ4v) is 2.82. The number of hydrogen-bond acceptors (Lipinski definition) is 7. The van der Waals surface area contributed by atoms with Crippen molar-refractivity contribution in [2.75, 3.05) is 0 Å². The number of nitriles is 2. The average Bonchev–Trinajstić information content (AvgIpc) is 2.90. The number of nitrogens with zero attached hydrogens (tertiary/aromatic N) is 4. The van der Waals surface area contributed by atoms with Crippen molar-refractivity contribution in [2.45, 2.75) is 0 Å². The molecule has 3 rings (SSSR count). The number of rotatable bonds is 2. The van der Waals surface area contributed by atoms with Gasteiger partial charge in [-0.25, -0.2) is 0 Å². The number of nitro benzene ring substituents is 2. The van der Waals surface area contributed by atoms with Gasteiger partial charge >= 0.3 is 0 Å². The Bertz CT molecular complexity index is 1070. The van der Waals surface area contributed by atoms with Crippen LogP contribution in [0, 0.1) is 42.9 Å². The molecule has 0 bridgehead atoms. The molecule has 0 spiro atoms. The van der Waals surface area contributed by atoms with Crippen LogP contribution in [0.25, 0.3) is 16.7 Å². The molecule has 0 radical (unpaired) electrons. The minimum absolute atomic E-state index is 0.0256. The smallest absolute Gasteiger partial charge is 0.273 e. The molecule has 1 aliphatic carbocycles.